The van der Waals surface area contributed by atoms with E-state index in [1.54, 1.807) is 0 Å². The van der Waals surface area contributed by atoms with Crippen LogP contribution >= 0.6 is 0 Å². The van der Waals surface area contributed by atoms with E-state index < -0.39 is 0 Å². The van der Waals surface area contributed by atoms with E-state index in [-0.39, 0.29) is 12.0 Å². The summed E-state index contributed by atoms with van der Waals surface area (Å²) in [5, 5.41) is 18.7. The van der Waals surface area contributed by atoms with Gasteiger partial charge in [-0.2, -0.15) is 0 Å². The maximum absolute atomic E-state index is 9.57. The van der Waals surface area contributed by atoms with Crippen LogP contribution in [-0.2, 0) is 4.74 Å². The van der Waals surface area contributed by atoms with Crippen molar-refractivity contribution in [3.63, 3.8) is 0 Å². The molecular formula is C12H23NO3. The average Bonchev–Trinajstić information content (AvgIpc) is 2.78. The Hall–Kier alpha value is -0.160. The first kappa shape index (κ1) is 12.3. The quantitative estimate of drug-likeness (QED) is 0.717. The molecule has 2 unspecified atom stereocenters. The highest BCUT2D eigenvalue weighted by Gasteiger charge is 2.36. The van der Waals surface area contributed by atoms with E-state index >= 15 is 0 Å². The summed E-state index contributed by atoms with van der Waals surface area (Å²) in [4.78, 5) is 2.37. The van der Waals surface area contributed by atoms with Gasteiger partial charge in [0.05, 0.1) is 13.2 Å². The Labute approximate surface area is 97.2 Å². The second-order valence-corrected chi connectivity index (χ2v) is 5.39. The first-order chi connectivity index (χ1) is 7.78. The van der Waals surface area contributed by atoms with Crippen LogP contribution < -0.4 is 0 Å². The van der Waals surface area contributed by atoms with Crippen LogP contribution in [0.1, 0.15) is 19.3 Å². The van der Waals surface area contributed by atoms with Crippen LogP contribution in [0.4, 0.5) is 0 Å². The van der Waals surface area contributed by atoms with Gasteiger partial charge in [-0.05, 0) is 31.7 Å². The lowest BCUT2D eigenvalue weighted by Crippen LogP contribution is -2.45. The molecule has 0 spiro atoms. The number of hydrogen-bond donors (Lipinski definition) is 2. The zero-order valence-corrected chi connectivity index (χ0v) is 9.90. The van der Waals surface area contributed by atoms with Gasteiger partial charge in [-0.1, -0.05) is 0 Å². The second kappa shape index (κ2) is 5.45. The maximum atomic E-state index is 9.57. The summed E-state index contributed by atoms with van der Waals surface area (Å²) in [5.74, 6) is 0.431. The molecule has 0 aliphatic carbocycles. The summed E-state index contributed by atoms with van der Waals surface area (Å²) < 4.78 is 5.50. The van der Waals surface area contributed by atoms with Crippen molar-refractivity contribution < 1.29 is 14.9 Å². The average molecular weight is 229 g/mol. The van der Waals surface area contributed by atoms with Gasteiger partial charge < -0.3 is 19.8 Å². The number of likely N-dealkylation sites (tertiary alicyclic amines) is 1. The highest BCUT2D eigenvalue weighted by molar-refractivity contribution is 4.87. The largest absolute Gasteiger partial charge is 0.396 e. The van der Waals surface area contributed by atoms with Crippen molar-refractivity contribution in [2.45, 2.75) is 19.3 Å². The Bertz CT molecular complexity index is 216. The highest BCUT2D eigenvalue weighted by atomic mass is 16.5. The molecule has 0 saturated carbocycles. The molecule has 0 aromatic rings. The molecule has 94 valence electrons. The lowest BCUT2D eigenvalue weighted by Gasteiger charge is -2.38. The van der Waals surface area contributed by atoms with Crippen molar-refractivity contribution in [3.05, 3.63) is 0 Å². The lowest BCUT2D eigenvalue weighted by atomic mass is 9.83. The highest BCUT2D eigenvalue weighted by Crippen LogP contribution is 2.31. The Morgan fingerprint density at radius 3 is 2.81 bits per heavy atom. The number of rotatable bonds is 4. The summed E-state index contributed by atoms with van der Waals surface area (Å²) in [5.41, 5.74) is -0.0530. The van der Waals surface area contributed by atoms with Crippen molar-refractivity contribution in [3.8, 4) is 0 Å². The molecule has 0 amide bonds. The third kappa shape index (κ3) is 2.74. The van der Waals surface area contributed by atoms with Crippen LogP contribution in [0.15, 0.2) is 0 Å². The first-order valence-corrected chi connectivity index (χ1v) is 6.30. The SMILES string of the molecule is OCC1CCN(CC2(CO)CCCOC2)C1. The summed E-state index contributed by atoms with van der Waals surface area (Å²) in [6.45, 7) is 4.96. The van der Waals surface area contributed by atoms with E-state index in [1.807, 2.05) is 0 Å². The topological polar surface area (TPSA) is 52.9 Å². The third-order valence-electron chi connectivity index (χ3n) is 3.93. The summed E-state index contributed by atoms with van der Waals surface area (Å²) in [6.07, 6.45) is 3.19. The Kier molecular flexibility index (Phi) is 4.19. The standard InChI is InChI=1S/C12H23NO3/c14-7-11-2-4-13(6-11)8-12(9-15)3-1-5-16-10-12/h11,14-15H,1-10H2. The molecule has 2 aliphatic rings. The number of aliphatic hydroxyl groups excluding tert-OH is 2. The minimum absolute atomic E-state index is 0.0530. The van der Waals surface area contributed by atoms with Crippen molar-refractivity contribution in [1.82, 2.24) is 4.90 Å². The van der Waals surface area contributed by atoms with Gasteiger partial charge in [-0.25, -0.2) is 0 Å². The molecule has 2 saturated heterocycles. The predicted octanol–water partition coefficient (Wildman–Crippen LogP) is 0.0897. The molecule has 2 aliphatic heterocycles. The van der Waals surface area contributed by atoms with Crippen LogP contribution in [0.2, 0.25) is 0 Å². The summed E-state index contributed by atoms with van der Waals surface area (Å²) in [7, 11) is 0. The molecule has 4 nitrogen and oxygen atoms in total. The van der Waals surface area contributed by atoms with E-state index in [1.165, 1.54) is 0 Å². The molecule has 4 heteroatoms. The molecule has 16 heavy (non-hydrogen) atoms. The van der Waals surface area contributed by atoms with E-state index in [4.69, 9.17) is 9.84 Å². The molecule has 2 N–H and O–H groups in total. The first-order valence-electron chi connectivity index (χ1n) is 6.30. The number of hydrogen-bond acceptors (Lipinski definition) is 4. The Morgan fingerprint density at radius 1 is 1.38 bits per heavy atom. The molecule has 0 radical (unpaired) electrons. The van der Waals surface area contributed by atoms with E-state index in [2.05, 4.69) is 4.90 Å². The van der Waals surface area contributed by atoms with Gasteiger partial charge in [-0.3, -0.25) is 0 Å². The zero-order chi connectivity index (χ0) is 11.4. The van der Waals surface area contributed by atoms with Crippen LogP contribution in [0.5, 0.6) is 0 Å². The smallest absolute Gasteiger partial charge is 0.0556 e. The molecule has 2 fully saturated rings. The third-order valence-corrected chi connectivity index (χ3v) is 3.93. The molecule has 2 heterocycles. The zero-order valence-electron chi connectivity index (χ0n) is 9.90. The van der Waals surface area contributed by atoms with Crippen LogP contribution in [0.3, 0.4) is 0 Å². The van der Waals surface area contributed by atoms with Crippen molar-refractivity contribution in [2.75, 3.05) is 46.1 Å². The summed E-state index contributed by atoms with van der Waals surface area (Å²) >= 11 is 0. The maximum Gasteiger partial charge on any atom is 0.0556 e. The molecule has 2 rings (SSSR count). The number of aliphatic hydroxyl groups is 2. The van der Waals surface area contributed by atoms with Crippen LogP contribution in [0.25, 0.3) is 0 Å². The molecule has 0 aromatic heterocycles. The molecule has 0 bridgehead atoms. The fourth-order valence-corrected chi connectivity index (χ4v) is 2.89. The lowest BCUT2D eigenvalue weighted by molar-refractivity contribution is -0.0531. The minimum Gasteiger partial charge on any atom is -0.396 e. The van der Waals surface area contributed by atoms with Gasteiger partial charge in [0.15, 0.2) is 0 Å². The van der Waals surface area contributed by atoms with Gasteiger partial charge >= 0.3 is 0 Å². The van der Waals surface area contributed by atoms with Gasteiger partial charge in [0.1, 0.15) is 0 Å². The van der Waals surface area contributed by atoms with Crippen molar-refractivity contribution in [1.29, 1.82) is 0 Å². The van der Waals surface area contributed by atoms with Gasteiger partial charge in [0.25, 0.3) is 0 Å². The van der Waals surface area contributed by atoms with Gasteiger partial charge in [-0.15, -0.1) is 0 Å². The number of ether oxygens (including phenoxy) is 1. The van der Waals surface area contributed by atoms with Gasteiger partial charge in [0, 0.05) is 31.7 Å². The predicted molar refractivity (Wildman–Crippen MR) is 61.2 cm³/mol. The van der Waals surface area contributed by atoms with E-state index in [9.17, 15) is 5.11 Å². The molecule has 0 aromatic carbocycles. The summed E-state index contributed by atoms with van der Waals surface area (Å²) in [6, 6.07) is 0. The van der Waals surface area contributed by atoms with E-state index in [0.717, 1.165) is 45.5 Å². The second-order valence-electron chi connectivity index (χ2n) is 5.39. The normalized spacial score (nSPS) is 36.8. The molecular weight excluding hydrogens is 206 g/mol. The monoisotopic (exact) mass is 229 g/mol. The minimum atomic E-state index is -0.0530. The fourth-order valence-electron chi connectivity index (χ4n) is 2.89. The fraction of sp³-hybridized carbons (Fsp3) is 1.00. The molecule has 2 atom stereocenters. The van der Waals surface area contributed by atoms with Crippen molar-refractivity contribution >= 4 is 0 Å². The number of nitrogens with zero attached hydrogens (tertiary/aromatic N) is 1. The van der Waals surface area contributed by atoms with Crippen LogP contribution in [0, 0.1) is 11.3 Å². The Balaban J connectivity index is 1.86. The van der Waals surface area contributed by atoms with E-state index in [0.29, 0.717) is 19.1 Å². The van der Waals surface area contributed by atoms with Gasteiger partial charge in [0.2, 0.25) is 0 Å². The Morgan fingerprint density at radius 2 is 2.25 bits per heavy atom. The van der Waals surface area contributed by atoms with Crippen LogP contribution in [-0.4, -0.2) is 61.2 Å². The van der Waals surface area contributed by atoms with Crippen molar-refractivity contribution in [2.24, 2.45) is 11.3 Å².